The van der Waals surface area contributed by atoms with Gasteiger partial charge < -0.3 is 4.90 Å². The number of halogens is 1. The van der Waals surface area contributed by atoms with Gasteiger partial charge in [0.2, 0.25) is 17.7 Å². The number of hydrogen-bond donors (Lipinski definition) is 2. The average molecular weight is 430 g/mol. The minimum atomic E-state index is -0.422. The molecule has 0 saturated heterocycles. The van der Waals surface area contributed by atoms with Crippen LogP contribution < -0.4 is 10.9 Å². The Morgan fingerprint density at radius 3 is 2.45 bits per heavy atom. The normalized spacial score (nSPS) is 14.8. The van der Waals surface area contributed by atoms with Crippen LogP contribution in [0.15, 0.2) is 59.6 Å². The van der Waals surface area contributed by atoms with E-state index in [0.717, 1.165) is 16.0 Å². The summed E-state index contributed by atoms with van der Waals surface area (Å²) in [7, 11) is 0. The number of amides is 3. The zero-order chi connectivity index (χ0) is 20.8. The molecule has 0 aromatic heterocycles. The van der Waals surface area contributed by atoms with Crippen LogP contribution in [0.1, 0.15) is 30.5 Å². The fourth-order valence-corrected chi connectivity index (χ4v) is 3.82. The van der Waals surface area contributed by atoms with Crippen LogP contribution in [0.5, 0.6) is 0 Å². The topological polar surface area (TPSA) is 78.5 Å². The van der Waals surface area contributed by atoms with Gasteiger partial charge in [0.1, 0.15) is 0 Å². The molecule has 3 amide bonds. The minimum Gasteiger partial charge on any atom is -0.311 e. The standard InChI is InChI=1S/C21H20ClN3O3S/c1-14(26)25-11-10-15-4-2-3-5-18(15)19(25)12-20(27)23-24-21(28)13-29-17-8-6-16(22)7-9-17/h2-11,19H,12-13H2,1H3,(H,23,27)(H,24,28). The van der Waals surface area contributed by atoms with Crippen molar-refractivity contribution in [2.75, 3.05) is 5.75 Å². The molecule has 2 aromatic carbocycles. The molecule has 0 bridgehead atoms. The van der Waals surface area contributed by atoms with Gasteiger partial charge in [-0.3, -0.25) is 25.2 Å². The molecule has 150 valence electrons. The summed E-state index contributed by atoms with van der Waals surface area (Å²) in [4.78, 5) is 38.8. The second-order valence-electron chi connectivity index (χ2n) is 6.43. The Hall–Kier alpha value is -2.77. The lowest BCUT2D eigenvalue weighted by atomic mass is 9.93. The van der Waals surface area contributed by atoms with Crippen molar-refractivity contribution in [3.63, 3.8) is 0 Å². The lowest BCUT2D eigenvalue weighted by Gasteiger charge is -2.32. The lowest BCUT2D eigenvalue weighted by Crippen LogP contribution is -2.44. The summed E-state index contributed by atoms with van der Waals surface area (Å²) in [5.41, 5.74) is 6.70. The van der Waals surface area contributed by atoms with Crippen LogP contribution >= 0.6 is 23.4 Å². The molecule has 2 aromatic rings. The van der Waals surface area contributed by atoms with E-state index in [1.807, 2.05) is 42.5 Å². The van der Waals surface area contributed by atoms with Crippen molar-refractivity contribution < 1.29 is 14.4 Å². The molecule has 1 aliphatic rings. The third-order valence-corrected chi connectivity index (χ3v) is 5.64. The maximum atomic E-state index is 12.4. The van der Waals surface area contributed by atoms with Crippen molar-refractivity contribution in [3.05, 3.63) is 70.9 Å². The van der Waals surface area contributed by atoms with Crippen molar-refractivity contribution in [3.8, 4) is 0 Å². The largest absolute Gasteiger partial charge is 0.311 e. The van der Waals surface area contributed by atoms with Crippen LogP contribution in [0.4, 0.5) is 0 Å². The number of carbonyl (C=O) groups is 3. The summed E-state index contributed by atoms with van der Waals surface area (Å²) >= 11 is 7.17. The smallest absolute Gasteiger partial charge is 0.248 e. The Labute approximate surface area is 178 Å². The summed E-state index contributed by atoms with van der Waals surface area (Å²) in [5.74, 6) is -0.713. The average Bonchev–Trinajstić information content (AvgIpc) is 2.72. The van der Waals surface area contributed by atoms with Gasteiger partial charge in [0.15, 0.2) is 0 Å². The molecule has 0 saturated carbocycles. The van der Waals surface area contributed by atoms with Crippen molar-refractivity contribution in [2.24, 2.45) is 0 Å². The molecule has 1 unspecified atom stereocenters. The first kappa shape index (κ1) is 21.0. The first-order valence-corrected chi connectivity index (χ1v) is 10.3. The molecule has 3 rings (SSSR count). The molecule has 8 heteroatoms. The van der Waals surface area contributed by atoms with E-state index in [9.17, 15) is 14.4 Å². The van der Waals surface area contributed by atoms with Gasteiger partial charge in [-0.1, -0.05) is 35.9 Å². The van der Waals surface area contributed by atoms with E-state index in [1.165, 1.54) is 23.6 Å². The number of benzene rings is 2. The maximum Gasteiger partial charge on any atom is 0.248 e. The van der Waals surface area contributed by atoms with Crippen molar-refractivity contribution in [1.29, 1.82) is 0 Å². The molecule has 1 aliphatic heterocycles. The zero-order valence-corrected chi connectivity index (χ0v) is 17.3. The molecule has 0 radical (unpaired) electrons. The van der Waals surface area contributed by atoms with Crippen molar-refractivity contribution in [1.82, 2.24) is 15.8 Å². The van der Waals surface area contributed by atoms with Crippen molar-refractivity contribution >= 4 is 47.2 Å². The van der Waals surface area contributed by atoms with Gasteiger partial charge in [-0.2, -0.15) is 0 Å². The Kier molecular flexibility index (Phi) is 6.95. The molecular formula is C21H20ClN3O3S. The second kappa shape index (κ2) is 9.62. The Balaban J connectivity index is 1.53. The van der Waals surface area contributed by atoms with E-state index in [-0.39, 0.29) is 29.9 Å². The summed E-state index contributed by atoms with van der Waals surface area (Å²) < 4.78 is 0. The van der Waals surface area contributed by atoms with Gasteiger partial charge in [0.05, 0.1) is 18.2 Å². The fraction of sp³-hybridized carbons (Fsp3) is 0.190. The Bertz CT molecular complexity index is 946. The van der Waals surface area contributed by atoms with Crippen LogP contribution in [0, 0.1) is 0 Å². The van der Waals surface area contributed by atoms with Crippen LogP contribution in [0.3, 0.4) is 0 Å². The Morgan fingerprint density at radius 1 is 1.03 bits per heavy atom. The lowest BCUT2D eigenvalue weighted by molar-refractivity contribution is -0.131. The van der Waals surface area contributed by atoms with E-state index in [0.29, 0.717) is 5.02 Å². The number of nitrogens with one attached hydrogen (secondary N) is 2. The predicted octanol–water partition coefficient (Wildman–Crippen LogP) is 3.54. The van der Waals surface area contributed by atoms with Crippen LogP contribution in [0.2, 0.25) is 5.02 Å². The number of nitrogens with zero attached hydrogens (tertiary/aromatic N) is 1. The van der Waals surface area contributed by atoms with Crippen molar-refractivity contribution in [2.45, 2.75) is 24.3 Å². The molecule has 0 spiro atoms. The predicted molar refractivity (Wildman–Crippen MR) is 114 cm³/mol. The van der Waals surface area contributed by atoms with E-state index >= 15 is 0 Å². The minimum absolute atomic E-state index is 0.0333. The molecule has 29 heavy (non-hydrogen) atoms. The SMILES string of the molecule is CC(=O)N1C=Cc2ccccc2C1CC(=O)NNC(=O)CSc1ccc(Cl)cc1. The van der Waals surface area contributed by atoms with Crippen LogP contribution in [0.25, 0.3) is 6.08 Å². The van der Waals surface area contributed by atoms with Gasteiger partial charge in [0, 0.05) is 23.0 Å². The highest BCUT2D eigenvalue weighted by molar-refractivity contribution is 8.00. The number of rotatable bonds is 5. The third-order valence-electron chi connectivity index (χ3n) is 4.37. The number of fused-ring (bicyclic) bond motifs is 1. The molecular weight excluding hydrogens is 410 g/mol. The maximum absolute atomic E-state index is 12.4. The Morgan fingerprint density at radius 2 is 1.72 bits per heavy atom. The third kappa shape index (κ3) is 5.62. The monoisotopic (exact) mass is 429 g/mol. The molecule has 2 N–H and O–H groups in total. The van der Waals surface area contributed by atoms with Crippen LogP contribution in [-0.4, -0.2) is 28.4 Å². The van der Waals surface area contributed by atoms with Crippen LogP contribution in [-0.2, 0) is 14.4 Å². The molecule has 0 aliphatic carbocycles. The van der Waals surface area contributed by atoms with Gasteiger partial charge in [-0.25, -0.2) is 0 Å². The molecule has 1 heterocycles. The number of carbonyl (C=O) groups excluding carboxylic acids is 3. The van der Waals surface area contributed by atoms with E-state index in [2.05, 4.69) is 10.9 Å². The van der Waals surface area contributed by atoms with E-state index in [4.69, 9.17) is 11.6 Å². The summed E-state index contributed by atoms with van der Waals surface area (Å²) in [5, 5.41) is 0.629. The highest BCUT2D eigenvalue weighted by atomic mass is 35.5. The fourth-order valence-electron chi connectivity index (χ4n) is 3.00. The summed E-state index contributed by atoms with van der Waals surface area (Å²) in [6.07, 6.45) is 3.57. The second-order valence-corrected chi connectivity index (χ2v) is 7.92. The highest BCUT2D eigenvalue weighted by Gasteiger charge is 2.28. The zero-order valence-electron chi connectivity index (χ0n) is 15.7. The highest BCUT2D eigenvalue weighted by Crippen LogP contribution is 2.32. The first-order valence-electron chi connectivity index (χ1n) is 8.96. The summed E-state index contributed by atoms with van der Waals surface area (Å²) in [6, 6.07) is 14.3. The summed E-state index contributed by atoms with van der Waals surface area (Å²) in [6.45, 7) is 1.46. The first-order chi connectivity index (χ1) is 13.9. The number of thioether (sulfide) groups is 1. The molecule has 1 atom stereocenters. The quantitative estimate of drug-likeness (QED) is 0.562. The molecule has 0 fully saturated rings. The van der Waals surface area contributed by atoms with Gasteiger partial charge in [0.25, 0.3) is 0 Å². The number of hydrogen-bond acceptors (Lipinski definition) is 4. The van der Waals surface area contributed by atoms with E-state index < -0.39 is 6.04 Å². The molecule has 6 nitrogen and oxygen atoms in total. The van der Waals surface area contributed by atoms with E-state index in [1.54, 1.807) is 18.3 Å². The van der Waals surface area contributed by atoms with Gasteiger partial charge in [-0.15, -0.1) is 11.8 Å². The van der Waals surface area contributed by atoms with Gasteiger partial charge >= 0.3 is 0 Å². The van der Waals surface area contributed by atoms with Gasteiger partial charge in [-0.05, 0) is 41.5 Å². The number of hydrazine groups is 1.